The lowest BCUT2D eigenvalue weighted by Crippen LogP contribution is -2.57. The van der Waals surface area contributed by atoms with E-state index in [9.17, 15) is 19.1 Å². The molecule has 1 aromatic carbocycles. The van der Waals surface area contributed by atoms with Gasteiger partial charge in [0.1, 0.15) is 0 Å². The van der Waals surface area contributed by atoms with Gasteiger partial charge in [-0.3, -0.25) is 14.3 Å². The van der Waals surface area contributed by atoms with Gasteiger partial charge in [-0.2, -0.15) is 0 Å². The summed E-state index contributed by atoms with van der Waals surface area (Å²) in [5.74, 6) is 0. The standard InChI is InChI=1S/C25H38N3O4P/c1-3-5-10-18(11-6-4-2)27-19-12-9-13-20(27)17-21(16-19)28-23-15-8-7-14-22(23)26-24(25(28)29)33(30,31)32/h7-8,14-15,18-21H,3-6,9-13,16-17H2,1-2H3,(H2,30,31,32). The van der Waals surface area contributed by atoms with Crippen molar-refractivity contribution in [3.8, 4) is 0 Å². The molecular weight excluding hydrogens is 437 g/mol. The van der Waals surface area contributed by atoms with Crippen LogP contribution in [-0.2, 0) is 4.57 Å². The molecule has 0 amide bonds. The fraction of sp³-hybridized carbons (Fsp3) is 0.680. The maximum absolute atomic E-state index is 13.3. The van der Waals surface area contributed by atoms with E-state index >= 15 is 0 Å². The minimum atomic E-state index is -4.77. The average molecular weight is 476 g/mol. The van der Waals surface area contributed by atoms with E-state index in [0.717, 1.165) is 25.7 Å². The fourth-order valence-corrected chi connectivity index (χ4v) is 6.81. The highest BCUT2D eigenvalue weighted by atomic mass is 31.2. The van der Waals surface area contributed by atoms with E-state index in [2.05, 4.69) is 23.7 Å². The number of piperidine rings is 2. The first kappa shape index (κ1) is 24.6. The summed E-state index contributed by atoms with van der Waals surface area (Å²) < 4.78 is 13.7. The van der Waals surface area contributed by atoms with Crippen molar-refractivity contribution in [1.29, 1.82) is 0 Å². The zero-order chi connectivity index (χ0) is 23.6. The van der Waals surface area contributed by atoms with E-state index in [1.807, 2.05) is 12.1 Å². The van der Waals surface area contributed by atoms with Gasteiger partial charge in [0.05, 0.1) is 11.0 Å². The predicted octanol–water partition coefficient (Wildman–Crippen LogP) is 4.51. The fourth-order valence-electron chi connectivity index (χ4n) is 6.21. The summed E-state index contributed by atoms with van der Waals surface area (Å²) in [7, 11) is -4.77. The van der Waals surface area contributed by atoms with E-state index in [0.29, 0.717) is 29.2 Å². The molecule has 182 valence electrons. The van der Waals surface area contributed by atoms with Crippen LogP contribution in [0.1, 0.15) is 90.5 Å². The Morgan fingerprint density at radius 1 is 1.03 bits per heavy atom. The van der Waals surface area contributed by atoms with Crippen LogP contribution in [0.4, 0.5) is 0 Å². The van der Waals surface area contributed by atoms with Gasteiger partial charge in [-0.1, -0.05) is 58.1 Å². The Labute approximate surface area is 196 Å². The van der Waals surface area contributed by atoms with Crippen LogP contribution in [0.25, 0.3) is 11.0 Å². The Morgan fingerprint density at radius 3 is 2.21 bits per heavy atom. The van der Waals surface area contributed by atoms with E-state index in [4.69, 9.17) is 0 Å². The third-order valence-electron chi connectivity index (χ3n) is 7.63. The molecule has 0 saturated carbocycles. The number of rotatable bonds is 9. The van der Waals surface area contributed by atoms with Crippen molar-refractivity contribution in [2.45, 2.75) is 109 Å². The van der Waals surface area contributed by atoms with Gasteiger partial charge >= 0.3 is 7.60 Å². The number of nitrogens with zero attached hydrogens (tertiary/aromatic N) is 3. The maximum atomic E-state index is 13.3. The molecule has 8 heteroatoms. The highest BCUT2D eigenvalue weighted by Gasteiger charge is 2.42. The van der Waals surface area contributed by atoms with E-state index < -0.39 is 18.6 Å². The van der Waals surface area contributed by atoms with Crippen molar-refractivity contribution in [2.75, 3.05) is 0 Å². The second-order valence-corrected chi connectivity index (χ2v) is 11.4. The highest BCUT2D eigenvalue weighted by Crippen LogP contribution is 2.42. The Kier molecular flexibility index (Phi) is 7.74. The van der Waals surface area contributed by atoms with E-state index in [-0.39, 0.29) is 6.04 Å². The van der Waals surface area contributed by atoms with Crippen LogP contribution in [0.5, 0.6) is 0 Å². The van der Waals surface area contributed by atoms with Crippen molar-refractivity contribution in [3.05, 3.63) is 34.6 Å². The molecule has 2 fully saturated rings. The molecule has 0 spiro atoms. The van der Waals surface area contributed by atoms with Gasteiger partial charge in [0.25, 0.3) is 5.56 Å². The molecular formula is C25H38N3O4P. The number of benzene rings is 1. The van der Waals surface area contributed by atoms with Crippen molar-refractivity contribution in [2.24, 2.45) is 0 Å². The number of aromatic nitrogens is 2. The molecule has 2 aliphatic heterocycles. The van der Waals surface area contributed by atoms with Crippen molar-refractivity contribution in [3.63, 3.8) is 0 Å². The summed E-state index contributed by atoms with van der Waals surface area (Å²) in [4.78, 5) is 39.8. The third-order valence-corrected chi connectivity index (χ3v) is 8.47. The molecule has 33 heavy (non-hydrogen) atoms. The number of para-hydroxylation sites is 2. The summed E-state index contributed by atoms with van der Waals surface area (Å²) in [6, 6.07) is 8.58. The monoisotopic (exact) mass is 475 g/mol. The first-order valence-corrected chi connectivity index (χ1v) is 14.3. The van der Waals surface area contributed by atoms with Crippen molar-refractivity contribution < 1.29 is 14.4 Å². The van der Waals surface area contributed by atoms with Crippen molar-refractivity contribution >= 4 is 24.1 Å². The van der Waals surface area contributed by atoms with E-state index in [1.165, 1.54) is 44.9 Å². The SMILES string of the molecule is CCCCC(CCCC)N1C2CCCC1CC(n1c(=O)c(P(=O)(O)O)nc3ccccc31)C2. The predicted molar refractivity (Wildman–Crippen MR) is 132 cm³/mol. The van der Waals surface area contributed by atoms with Crippen LogP contribution in [0.3, 0.4) is 0 Å². The molecule has 0 radical (unpaired) electrons. The quantitative estimate of drug-likeness (QED) is 0.518. The normalized spacial score (nSPS) is 24.0. The Balaban J connectivity index is 1.71. The Morgan fingerprint density at radius 2 is 1.64 bits per heavy atom. The molecule has 2 saturated heterocycles. The van der Waals surface area contributed by atoms with Crippen LogP contribution in [0, 0.1) is 0 Å². The van der Waals surface area contributed by atoms with Crippen LogP contribution in [0.15, 0.2) is 29.1 Å². The topological polar surface area (TPSA) is 95.7 Å². The lowest BCUT2D eigenvalue weighted by molar-refractivity contribution is -0.0234. The molecule has 2 aliphatic rings. The van der Waals surface area contributed by atoms with Crippen LogP contribution in [0.2, 0.25) is 0 Å². The summed E-state index contributed by atoms with van der Waals surface area (Å²) in [5.41, 5.74) is -0.124. The molecule has 2 unspecified atom stereocenters. The van der Waals surface area contributed by atoms with Crippen LogP contribution >= 0.6 is 7.60 Å². The second-order valence-electron chi connectivity index (χ2n) is 9.89. The summed E-state index contributed by atoms with van der Waals surface area (Å²) in [6.45, 7) is 4.51. The molecule has 2 bridgehead atoms. The van der Waals surface area contributed by atoms with Gasteiger partial charge < -0.3 is 14.4 Å². The molecule has 7 nitrogen and oxygen atoms in total. The average Bonchev–Trinajstić information content (AvgIpc) is 2.77. The summed E-state index contributed by atoms with van der Waals surface area (Å²) in [5, 5.41) is 0. The number of hydrogen-bond acceptors (Lipinski definition) is 4. The minimum Gasteiger partial charge on any atom is -0.320 e. The van der Waals surface area contributed by atoms with Crippen LogP contribution in [-0.4, -0.2) is 42.4 Å². The largest absolute Gasteiger partial charge is 0.380 e. The summed E-state index contributed by atoms with van der Waals surface area (Å²) in [6.07, 6.45) is 12.5. The van der Waals surface area contributed by atoms with Gasteiger partial charge in [-0.15, -0.1) is 0 Å². The molecule has 2 aromatic rings. The molecule has 4 rings (SSSR count). The van der Waals surface area contributed by atoms with Crippen LogP contribution < -0.4 is 11.0 Å². The lowest BCUT2D eigenvalue weighted by Gasteiger charge is -2.53. The Hall–Kier alpha value is -1.53. The van der Waals surface area contributed by atoms with Gasteiger partial charge in [-0.25, -0.2) is 4.98 Å². The molecule has 0 aliphatic carbocycles. The lowest BCUT2D eigenvalue weighted by atomic mass is 9.79. The van der Waals surface area contributed by atoms with Gasteiger partial charge in [0.2, 0.25) is 5.44 Å². The third kappa shape index (κ3) is 5.12. The van der Waals surface area contributed by atoms with Gasteiger partial charge in [0.15, 0.2) is 0 Å². The molecule has 2 N–H and O–H groups in total. The number of fused-ring (bicyclic) bond motifs is 3. The maximum Gasteiger partial charge on any atom is 0.380 e. The van der Waals surface area contributed by atoms with Gasteiger partial charge in [0, 0.05) is 24.2 Å². The zero-order valence-corrected chi connectivity index (χ0v) is 20.8. The number of hydrogen-bond donors (Lipinski definition) is 2. The smallest absolute Gasteiger partial charge is 0.320 e. The second kappa shape index (κ2) is 10.4. The van der Waals surface area contributed by atoms with Crippen molar-refractivity contribution in [1.82, 2.24) is 14.5 Å². The summed E-state index contributed by atoms with van der Waals surface area (Å²) >= 11 is 0. The van der Waals surface area contributed by atoms with Gasteiger partial charge in [-0.05, 0) is 50.7 Å². The minimum absolute atomic E-state index is 0.0692. The highest BCUT2D eigenvalue weighted by molar-refractivity contribution is 7.59. The van der Waals surface area contributed by atoms with E-state index in [1.54, 1.807) is 16.7 Å². The molecule has 2 atom stereocenters. The molecule has 1 aromatic heterocycles. The Bertz CT molecular complexity index is 1040. The first-order valence-electron chi connectivity index (χ1n) is 12.7. The molecule has 3 heterocycles. The first-order chi connectivity index (χ1) is 15.8. The number of unbranched alkanes of at least 4 members (excludes halogenated alkanes) is 2. The zero-order valence-electron chi connectivity index (χ0n) is 19.9.